The largest absolute Gasteiger partial charge is 0.417 e. The summed E-state index contributed by atoms with van der Waals surface area (Å²) in [6, 6.07) is 5.18. The van der Waals surface area contributed by atoms with Crippen molar-refractivity contribution in [1.82, 2.24) is 4.98 Å². The molecule has 0 spiro atoms. The quantitative estimate of drug-likeness (QED) is 0.866. The smallest absolute Gasteiger partial charge is 0.408 e. The Morgan fingerprint density at radius 3 is 2.84 bits per heavy atom. The van der Waals surface area contributed by atoms with Crippen LogP contribution in [0.3, 0.4) is 0 Å². The first-order valence-corrected chi connectivity index (χ1v) is 6.63. The maximum atomic E-state index is 12.1. The lowest BCUT2D eigenvalue weighted by Gasteiger charge is -2.12. The summed E-state index contributed by atoms with van der Waals surface area (Å²) in [5.74, 6) is 1.36. The normalized spacial score (nSPS) is 28.3. The van der Waals surface area contributed by atoms with Gasteiger partial charge in [0.05, 0.1) is 5.52 Å². The van der Waals surface area contributed by atoms with Crippen LogP contribution in [0.15, 0.2) is 27.4 Å². The Labute approximate surface area is 109 Å². The molecule has 1 aromatic heterocycles. The molecule has 2 aromatic rings. The standard InChI is InChI=1S/C14H14N2O3/c17-13(9-4-7-3-8(7)5-9)15-10-1-2-12-11(6-10)16-14(18)19-12/h1-2,6-9H,3-5H2,(H,15,17)(H,16,18). The van der Waals surface area contributed by atoms with E-state index in [1.54, 1.807) is 18.2 Å². The lowest BCUT2D eigenvalue weighted by Crippen LogP contribution is -2.21. The van der Waals surface area contributed by atoms with E-state index in [1.165, 1.54) is 6.42 Å². The van der Waals surface area contributed by atoms with Crippen LogP contribution in [0.4, 0.5) is 5.69 Å². The Kier molecular flexibility index (Phi) is 2.13. The van der Waals surface area contributed by atoms with Crippen molar-refractivity contribution in [3.05, 3.63) is 28.7 Å². The SMILES string of the molecule is O=C(Nc1ccc2oc(=O)[nH]c2c1)C1CC2CC2C1. The fourth-order valence-corrected chi connectivity index (χ4v) is 3.20. The van der Waals surface area contributed by atoms with Gasteiger partial charge in [-0.05, 0) is 49.3 Å². The number of hydrogen-bond donors (Lipinski definition) is 2. The predicted molar refractivity (Wildman–Crippen MR) is 69.8 cm³/mol. The second-order valence-electron chi connectivity index (χ2n) is 5.64. The molecular weight excluding hydrogens is 244 g/mol. The van der Waals surface area contributed by atoms with Crippen LogP contribution in [0, 0.1) is 17.8 Å². The molecule has 2 aliphatic carbocycles. The number of hydrogen-bond acceptors (Lipinski definition) is 3. The van der Waals surface area contributed by atoms with E-state index in [1.807, 2.05) is 0 Å². The zero-order valence-electron chi connectivity index (χ0n) is 10.3. The Balaban J connectivity index is 1.53. The van der Waals surface area contributed by atoms with Gasteiger partial charge in [-0.2, -0.15) is 0 Å². The van der Waals surface area contributed by atoms with Gasteiger partial charge in [0, 0.05) is 11.6 Å². The molecule has 1 heterocycles. The topological polar surface area (TPSA) is 75.1 Å². The summed E-state index contributed by atoms with van der Waals surface area (Å²) in [6.45, 7) is 0. The van der Waals surface area contributed by atoms with Gasteiger partial charge >= 0.3 is 5.76 Å². The summed E-state index contributed by atoms with van der Waals surface area (Å²) in [7, 11) is 0. The lowest BCUT2D eigenvalue weighted by molar-refractivity contribution is -0.120. The molecule has 5 heteroatoms. The van der Waals surface area contributed by atoms with E-state index in [4.69, 9.17) is 4.42 Å². The molecule has 2 aliphatic rings. The van der Waals surface area contributed by atoms with E-state index < -0.39 is 5.76 Å². The summed E-state index contributed by atoms with van der Waals surface area (Å²) in [6.07, 6.45) is 3.37. The molecule has 0 radical (unpaired) electrons. The molecule has 1 amide bonds. The number of nitrogens with one attached hydrogen (secondary N) is 2. The van der Waals surface area contributed by atoms with Gasteiger partial charge in [0.25, 0.3) is 0 Å². The maximum absolute atomic E-state index is 12.1. The first-order valence-electron chi connectivity index (χ1n) is 6.63. The van der Waals surface area contributed by atoms with Crippen LogP contribution in [-0.4, -0.2) is 10.9 Å². The average Bonchev–Trinajstić information content (AvgIpc) is 2.82. The summed E-state index contributed by atoms with van der Waals surface area (Å²) >= 11 is 0. The van der Waals surface area contributed by atoms with E-state index in [0.717, 1.165) is 24.7 Å². The highest BCUT2D eigenvalue weighted by molar-refractivity contribution is 5.94. The first-order chi connectivity index (χ1) is 9.19. The van der Waals surface area contributed by atoms with Crippen LogP contribution in [0.2, 0.25) is 0 Å². The number of H-pyrrole nitrogens is 1. The molecule has 0 aliphatic heterocycles. The third kappa shape index (κ3) is 1.85. The molecule has 5 nitrogen and oxygen atoms in total. The Morgan fingerprint density at radius 2 is 2.05 bits per heavy atom. The highest BCUT2D eigenvalue weighted by Crippen LogP contribution is 2.54. The minimum Gasteiger partial charge on any atom is -0.408 e. The van der Waals surface area contributed by atoms with E-state index in [2.05, 4.69) is 10.3 Å². The molecule has 2 saturated carbocycles. The Hall–Kier alpha value is -2.04. The van der Waals surface area contributed by atoms with E-state index in [0.29, 0.717) is 16.8 Å². The number of rotatable bonds is 2. The molecule has 2 atom stereocenters. The fraction of sp³-hybridized carbons (Fsp3) is 0.429. The highest BCUT2D eigenvalue weighted by atomic mass is 16.4. The van der Waals surface area contributed by atoms with Crippen molar-refractivity contribution in [3.63, 3.8) is 0 Å². The minimum atomic E-state index is -0.477. The zero-order valence-corrected chi connectivity index (χ0v) is 10.3. The summed E-state index contributed by atoms with van der Waals surface area (Å²) in [5, 5.41) is 2.92. The van der Waals surface area contributed by atoms with Crippen LogP contribution in [-0.2, 0) is 4.79 Å². The van der Waals surface area contributed by atoms with Gasteiger partial charge in [-0.25, -0.2) is 4.79 Å². The molecule has 2 N–H and O–H groups in total. The van der Waals surface area contributed by atoms with Gasteiger partial charge in [0.2, 0.25) is 5.91 Å². The van der Waals surface area contributed by atoms with Crippen molar-refractivity contribution >= 4 is 22.7 Å². The van der Waals surface area contributed by atoms with Crippen LogP contribution in [0.1, 0.15) is 19.3 Å². The molecule has 19 heavy (non-hydrogen) atoms. The van der Waals surface area contributed by atoms with Crippen molar-refractivity contribution in [3.8, 4) is 0 Å². The number of amides is 1. The molecule has 0 saturated heterocycles. The maximum Gasteiger partial charge on any atom is 0.417 e. The van der Waals surface area contributed by atoms with Crippen molar-refractivity contribution in [2.45, 2.75) is 19.3 Å². The molecule has 4 rings (SSSR count). The summed E-state index contributed by atoms with van der Waals surface area (Å²) in [4.78, 5) is 25.8. The number of aromatic nitrogens is 1. The van der Waals surface area contributed by atoms with E-state index >= 15 is 0 Å². The number of oxazole rings is 1. The van der Waals surface area contributed by atoms with Gasteiger partial charge in [0.1, 0.15) is 0 Å². The van der Waals surface area contributed by atoms with Crippen molar-refractivity contribution in [2.75, 3.05) is 5.32 Å². The molecular formula is C14H14N2O3. The predicted octanol–water partition coefficient (Wildman–Crippen LogP) is 2.11. The van der Waals surface area contributed by atoms with Gasteiger partial charge in [0.15, 0.2) is 5.58 Å². The number of anilines is 1. The summed E-state index contributed by atoms with van der Waals surface area (Å²) < 4.78 is 4.92. The third-order valence-corrected chi connectivity index (χ3v) is 4.30. The van der Waals surface area contributed by atoms with Crippen LogP contribution in [0.25, 0.3) is 11.1 Å². The third-order valence-electron chi connectivity index (χ3n) is 4.30. The number of carbonyl (C=O) groups excluding carboxylic acids is 1. The number of benzene rings is 1. The van der Waals surface area contributed by atoms with E-state index in [-0.39, 0.29) is 11.8 Å². The van der Waals surface area contributed by atoms with Gasteiger partial charge in [-0.15, -0.1) is 0 Å². The Morgan fingerprint density at radius 1 is 1.26 bits per heavy atom. The van der Waals surface area contributed by atoms with Gasteiger partial charge in [-0.1, -0.05) is 0 Å². The molecule has 0 bridgehead atoms. The zero-order chi connectivity index (χ0) is 13.0. The first kappa shape index (κ1) is 10.8. The van der Waals surface area contributed by atoms with Crippen LogP contribution >= 0.6 is 0 Å². The van der Waals surface area contributed by atoms with E-state index in [9.17, 15) is 9.59 Å². The number of carbonyl (C=O) groups is 1. The number of aromatic amines is 1. The lowest BCUT2D eigenvalue weighted by atomic mass is 10.0. The second kappa shape index (κ2) is 3.73. The average molecular weight is 258 g/mol. The van der Waals surface area contributed by atoms with Gasteiger partial charge < -0.3 is 9.73 Å². The monoisotopic (exact) mass is 258 g/mol. The van der Waals surface area contributed by atoms with Crippen LogP contribution in [0.5, 0.6) is 0 Å². The highest BCUT2D eigenvalue weighted by Gasteiger charge is 2.47. The molecule has 2 unspecified atom stereocenters. The fourth-order valence-electron chi connectivity index (χ4n) is 3.20. The Bertz CT molecular complexity index is 705. The molecule has 1 aromatic carbocycles. The molecule has 98 valence electrons. The van der Waals surface area contributed by atoms with Crippen molar-refractivity contribution < 1.29 is 9.21 Å². The molecule has 2 fully saturated rings. The van der Waals surface area contributed by atoms with Crippen LogP contribution < -0.4 is 11.1 Å². The minimum absolute atomic E-state index is 0.0948. The van der Waals surface area contributed by atoms with Crippen molar-refractivity contribution in [2.24, 2.45) is 17.8 Å². The van der Waals surface area contributed by atoms with Gasteiger partial charge in [-0.3, -0.25) is 9.78 Å². The van der Waals surface area contributed by atoms with Crippen molar-refractivity contribution in [1.29, 1.82) is 0 Å². The summed E-state index contributed by atoms with van der Waals surface area (Å²) in [5.41, 5.74) is 1.82. The number of fused-ring (bicyclic) bond motifs is 2. The second-order valence-corrected chi connectivity index (χ2v) is 5.64.